The highest BCUT2D eigenvalue weighted by Crippen LogP contribution is 2.32. The van der Waals surface area contributed by atoms with Gasteiger partial charge in [-0.05, 0) is 18.6 Å². The number of hydrogen-bond acceptors (Lipinski definition) is 4. The monoisotopic (exact) mass is 320 g/mol. The molecule has 0 aliphatic heterocycles. The van der Waals surface area contributed by atoms with E-state index in [1.165, 1.54) is 6.07 Å². The van der Waals surface area contributed by atoms with Crippen LogP contribution in [-0.2, 0) is 9.47 Å². The van der Waals surface area contributed by atoms with Crippen molar-refractivity contribution in [3.63, 3.8) is 0 Å². The highest BCUT2D eigenvalue weighted by atomic mass is 35.5. The first-order valence-electron chi connectivity index (χ1n) is 5.72. The molecule has 20 heavy (non-hydrogen) atoms. The van der Waals surface area contributed by atoms with Crippen molar-refractivity contribution in [2.45, 2.75) is 25.6 Å². The maximum absolute atomic E-state index is 11.0. The van der Waals surface area contributed by atoms with E-state index in [2.05, 4.69) is 0 Å². The first kappa shape index (κ1) is 16.4. The van der Waals surface area contributed by atoms with Crippen molar-refractivity contribution in [3.05, 3.63) is 33.8 Å². The Hall–Kier alpha value is -1.66. The van der Waals surface area contributed by atoms with Crippen LogP contribution in [0.15, 0.2) is 18.2 Å². The Balaban J connectivity index is 3.15. The number of carbonyl (C=O) groups excluding carboxylic acids is 2. The third-order valence-electron chi connectivity index (χ3n) is 2.52. The van der Waals surface area contributed by atoms with Gasteiger partial charge in [-0.25, -0.2) is 9.59 Å². The average molecular weight is 321 g/mol. The molecule has 4 N–H and O–H groups in total. The molecule has 0 fully saturated rings. The summed E-state index contributed by atoms with van der Waals surface area (Å²) >= 11 is 11.9. The van der Waals surface area contributed by atoms with Crippen molar-refractivity contribution in [2.75, 3.05) is 0 Å². The number of carbonyl (C=O) groups is 2. The SMILES string of the molecule is CC[C@H](OC(N)=O)[C@@H](OC(N)=O)c1ccc(Cl)cc1Cl. The minimum atomic E-state index is -1.02. The summed E-state index contributed by atoms with van der Waals surface area (Å²) < 4.78 is 9.91. The second kappa shape index (κ2) is 7.21. The molecule has 6 nitrogen and oxygen atoms in total. The molecule has 1 aromatic carbocycles. The summed E-state index contributed by atoms with van der Waals surface area (Å²) in [4.78, 5) is 21.9. The number of primary amides is 2. The Morgan fingerprint density at radius 1 is 1.20 bits per heavy atom. The van der Waals surface area contributed by atoms with Crippen LogP contribution in [0.3, 0.4) is 0 Å². The lowest BCUT2D eigenvalue weighted by molar-refractivity contribution is -0.00647. The first-order chi connectivity index (χ1) is 9.35. The van der Waals surface area contributed by atoms with Crippen LogP contribution < -0.4 is 11.5 Å². The molecular weight excluding hydrogens is 307 g/mol. The fourth-order valence-electron chi connectivity index (χ4n) is 1.71. The summed E-state index contributed by atoms with van der Waals surface area (Å²) in [5.74, 6) is 0. The van der Waals surface area contributed by atoms with E-state index in [4.69, 9.17) is 44.1 Å². The molecule has 0 aliphatic carbocycles. The van der Waals surface area contributed by atoms with E-state index in [1.54, 1.807) is 19.1 Å². The lowest BCUT2D eigenvalue weighted by Crippen LogP contribution is -2.32. The topological polar surface area (TPSA) is 105 Å². The fourth-order valence-corrected chi connectivity index (χ4v) is 2.22. The van der Waals surface area contributed by atoms with Gasteiger partial charge in [0.1, 0.15) is 6.10 Å². The molecule has 0 radical (unpaired) electrons. The third kappa shape index (κ3) is 4.47. The van der Waals surface area contributed by atoms with Gasteiger partial charge >= 0.3 is 12.2 Å². The molecule has 0 saturated heterocycles. The maximum atomic E-state index is 11.0. The smallest absolute Gasteiger partial charge is 0.405 e. The normalized spacial score (nSPS) is 13.3. The predicted octanol–water partition coefficient (Wildman–Crippen LogP) is 3.00. The molecule has 0 saturated carbocycles. The number of ether oxygens (including phenoxy) is 2. The number of rotatable bonds is 5. The number of benzene rings is 1. The molecule has 1 rings (SSSR count). The van der Waals surface area contributed by atoms with Gasteiger partial charge in [0, 0.05) is 15.6 Å². The van der Waals surface area contributed by atoms with E-state index in [0.29, 0.717) is 17.0 Å². The lowest BCUT2D eigenvalue weighted by Gasteiger charge is -2.25. The van der Waals surface area contributed by atoms with Crippen LogP contribution in [0.1, 0.15) is 25.0 Å². The summed E-state index contributed by atoms with van der Waals surface area (Å²) in [6.07, 6.45) is -3.43. The second-order valence-corrected chi connectivity index (χ2v) is 4.75. The van der Waals surface area contributed by atoms with Crippen LogP contribution in [0.5, 0.6) is 0 Å². The Morgan fingerprint density at radius 2 is 1.80 bits per heavy atom. The lowest BCUT2D eigenvalue weighted by atomic mass is 10.0. The summed E-state index contributed by atoms with van der Waals surface area (Å²) in [5.41, 5.74) is 10.4. The van der Waals surface area contributed by atoms with Crippen molar-refractivity contribution in [3.8, 4) is 0 Å². The average Bonchev–Trinajstić information content (AvgIpc) is 2.33. The molecule has 2 atom stereocenters. The van der Waals surface area contributed by atoms with E-state index < -0.39 is 24.4 Å². The quantitative estimate of drug-likeness (QED) is 0.869. The molecule has 1 aromatic rings. The van der Waals surface area contributed by atoms with Crippen LogP contribution in [-0.4, -0.2) is 18.3 Å². The van der Waals surface area contributed by atoms with Gasteiger partial charge in [-0.2, -0.15) is 0 Å². The highest BCUT2D eigenvalue weighted by molar-refractivity contribution is 6.35. The zero-order valence-electron chi connectivity index (χ0n) is 10.6. The molecule has 0 unspecified atom stereocenters. The van der Waals surface area contributed by atoms with E-state index in [1.807, 2.05) is 0 Å². The maximum Gasteiger partial charge on any atom is 0.405 e. The standard InChI is InChI=1S/C12H14Cl2N2O4/c1-2-9(19-11(15)17)10(20-12(16)18)7-4-3-6(13)5-8(7)14/h3-5,9-10H,2H2,1H3,(H2,15,17)(H2,16,18)/t9-,10-/m0/s1. The van der Waals surface area contributed by atoms with Gasteiger partial charge < -0.3 is 20.9 Å². The molecule has 0 bridgehead atoms. The Kier molecular flexibility index (Phi) is 5.91. The van der Waals surface area contributed by atoms with Crippen LogP contribution in [0.2, 0.25) is 10.0 Å². The van der Waals surface area contributed by atoms with Crippen LogP contribution in [0.4, 0.5) is 9.59 Å². The Labute approximate surface area is 125 Å². The van der Waals surface area contributed by atoms with Gasteiger partial charge in [-0.3, -0.25) is 0 Å². The molecule has 2 amide bonds. The summed E-state index contributed by atoms with van der Waals surface area (Å²) in [6, 6.07) is 4.61. The molecule has 110 valence electrons. The molecule has 0 spiro atoms. The van der Waals surface area contributed by atoms with E-state index in [-0.39, 0.29) is 5.02 Å². The van der Waals surface area contributed by atoms with Gasteiger partial charge in [-0.15, -0.1) is 0 Å². The van der Waals surface area contributed by atoms with Crippen LogP contribution >= 0.6 is 23.2 Å². The van der Waals surface area contributed by atoms with Crippen molar-refractivity contribution in [2.24, 2.45) is 11.5 Å². The highest BCUT2D eigenvalue weighted by Gasteiger charge is 2.29. The first-order valence-corrected chi connectivity index (χ1v) is 6.47. The molecule has 0 aliphatic rings. The van der Waals surface area contributed by atoms with Gasteiger partial charge in [0.25, 0.3) is 0 Å². The molecule has 0 aromatic heterocycles. The molecule has 8 heteroatoms. The minimum Gasteiger partial charge on any atom is -0.442 e. The fraction of sp³-hybridized carbons (Fsp3) is 0.333. The molecule has 0 heterocycles. The second-order valence-electron chi connectivity index (χ2n) is 3.91. The Bertz CT molecular complexity index is 510. The zero-order chi connectivity index (χ0) is 15.3. The Morgan fingerprint density at radius 3 is 2.25 bits per heavy atom. The predicted molar refractivity (Wildman–Crippen MR) is 74.6 cm³/mol. The number of hydrogen-bond donors (Lipinski definition) is 2. The molecular formula is C12H14Cl2N2O4. The van der Waals surface area contributed by atoms with Crippen molar-refractivity contribution in [1.29, 1.82) is 0 Å². The van der Waals surface area contributed by atoms with Crippen LogP contribution in [0.25, 0.3) is 0 Å². The minimum absolute atomic E-state index is 0.260. The van der Waals surface area contributed by atoms with Crippen molar-refractivity contribution < 1.29 is 19.1 Å². The van der Waals surface area contributed by atoms with E-state index in [0.717, 1.165) is 0 Å². The summed E-state index contributed by atoms with van der Waals surface area (Å²) in [6.45, 7) is 1.73. The third-order valence-corrected chi connectivity index (χ3v) is 3.08. The van der Waals surface area contributed by atoms with Crippen molar-refractivity contribution in [1.82, 2.24) is 0 Å². The summed E-state index contributed by atoms with van der Waals surface area (Å²) in [5, 5.41) is 0.677. The van der Waals surface area contributed by atoms with Gasteiger partial charge in [0.15, 0.2) is 6.10 Å². The van der Waals surface area contributed by atoms with Gasteiger partial charge in [0.05, 0.1) is 0 Å². The van der Waals surface area contributed by atoms with E-state index in [9.17, 15) is 9.59 Å². The summed E-state index contributed by atoms with van der Waals surface area (Å²) in [7, 11) is 0. The van der Waals surface area contributed by atoms with Crippen LogP contribution in [0, 0.1) is 0 Å². The van der Waals surface area contributed by atoms with Crippen molar-refractivity contribution >= 4 is 35.4 Å². The van der Waals surface area contributed by atoms with Gasteiger partial charge in [-0.1, -0.05) is 36.2 Å². The number of nitrogens with two attached hydrogens (primary N) is 2. The number of halogens is 2. The zero-order valence-corrected chi connectivity index (χ0v) is 12.1. The van der Waals surface area contributed by atoms with E-state index >= 15 is 0 Å². The van der Waals surface area contributed by atoms with Gasteiger partial charge in [0.2, 0.25) is 0 Å². The number of amides is 2. The largest absolute Gasteiger partial charge is 0.442 e.